The van der Waals surface area contributed by atoms with Crippen LogP contribution < -0.4 is 0 Å². The van der Waals surface area contributed by atoms with Crippen molar-refractivity contribution in [1.29, 1.82) is 0 Å². The maximum atomic E-state index is 13.4. The number of allylic oxidation sites excluding steroid dienone is 1. The predicted octanol–water partition coefficient (Wildman–Crippen LogP) is 3.99. The summed E-state index contributed by atoms with van der Waals surface area (Å²) >= 11 is 6.41. The van der Waals surface area contributed by atoms with Crippen LogP contribution in [0.25, 0.3) is 17.6 Å². The summed E-state index contributed by atoms with van der Waals surface area (Å²) in [6.07, 6.45) is 13.9. The van der Waals surface area contributed by atoms with Gasteiger partial charge in [-0.1, -0.05) is 12.1 Å². The first-order valence-electron chi connectivity index (χ1n) is 13.3. The number of carbonyl (C=O) groups is 1. The zero-order valence-corrected chi connectivity index (χ0v) is 21.7. The molecule has 3 aromatic heterocycles. The van der Waals surface area contributed by atoms with Crippen LogP contribution in [0.1, 0.15) is 48.7 Å². The van der Waals surface area contributed by atoms with Crippen molar-refractivity contribution in [1.82, 2.24) is 34.5 Å². The van der Waals surface area contributed by atoms with Gasteiger partial charge in [-0.2, -0.15) is 10.2 Å². The number of halogens is 1. The molecule has 0 bridgehead atoms. The Morgan fingerprint density at radius 2 is 1.84 bits per heavy atom. The lowest BCUT2D eigenvalue weighted by molar-refractivity contribution is -0.138. The van der Waals surface area contributed by atoms with Crippen LogP contribution >= 0.6 is 11.6 Å². The van der Waals surface area contributed by atoms with Crippen LogP contribution in [0.4, 0.5) is 0 Å². The number of aromatic nitrogens is 5. The van der Waals surface area contributed by atoms with E-state index in [1.165, 1.54) is 5.56 Å². The standard InChI is InChI=1S/C28H32ClN7O/c29-22-4-5-26-25(17-22)33-27(24-3-1-2-11-30-24)36(26)23-9-15-35(16-10-23)28(37)21-7-13-34(14-8-21)19-20-6-12-31-32-18-20/h1-6,11-12,18,21-23H,7-10,13-17,19H2. The summed E-state index contributed by atoms with van der Waals surface area (Å²) in [4.78, 5) is 27.5. The third kappa shape index (κ3) is 5.18. The molecule has 2 saturated heterocycles. The van der Waals surface area contributed by atoms with Crippen LogP contribution in [0.3, 0.4) is 0 Å². The SMILES string of the molecule is O=C(C1CCN(Cc2ccnnc2)CC1)N1CCC(n2c(-c3ccccn3)nc3c2C=CC(Cl)C3)CC1. The zero-order chi connectivity index (χ0) is 25.2. The Bertz CT molecular complexity index is 1250. The molecule has 2 aliphatic heterocycles. The second-order valence-corrected chi connectivity index (χ2v) is 10.8. The second kappa shape index (κ2) is 10.7. The highest BCUT2D eigenvalue weighted by molar-refractivity contribution is 6.22. The molecule has 37 heavy (non-hydrogen) atoms. The minimum Gasteiger partial charge on any atom is -0.342 e. The molecular weight excluding hydrogens is 486 g/mol. The summed E-state index contributed by atoms with van der Waals surface area (Å²) in [6.45, 7) is 4.32. The molecule has 0 saturated carbocycles. The third-order valence-corrected chi connectivity index (χ3v) is 8.20. The van der Waals surface area contributed by atoms with Gasteiger partial charge in [-0.3, -0.25) is 14.7 Å². The van der Waals surface area contributed by atoms with Crippen LogP contribution in [-0.4, -0.2) is 72.0 Å². The van der Waals surface area contributed by atoms with Crippen molar-refractivity contribution in [3.63, 3.8) is 0 Å². The van der Waals surface area contributed by atoms with Crippen molar-refractivity contribution < 1.29 is 4.79 Å². The molecule has 9 heteroatoms. The average Bonchev–Trinajstić information content (AvgIpc) is 3.33. The Morgan fingerprint density at radius 3 is 2.57 bits per heavy atom. The quantitative estimate of drug-likeness (QED) is 0.476. The molecule has 5 heterocycles. The van der Waals surface area contributed by atoms with E-state index in [0.29, 0.717) is 5.91 Å². The molecule has 3 aromatic rings. The van der Waals surface area contributed by atoms with E-state index >= 15 is 0 Å². The van der Waals surface area contributed by atoms with E-state index in [0.717, 1.165) is 87.7 Å². The number of nitrogens with zero attached hydrogens (tertiary/aromatic N) is 7. The molecule has 0 aromatic carbocycles. The first-order valence-corrected chi connectivity index (χ1v) is 13.7. The van der Waals surface area contributed by atoms with Crippen LogP contribution in [0.2, 0.25) is 0 Å². The summed E-state index contributed by atoms with van der Waals surface area (Å²) in [7, 11) is 0. The molecule has 1 amide bonds. The van der Waals surface area contributed by atoms with Crippen molar-refractivity contribution in [3.05, 3.63) is 65.9 Å². The van der Waals surface area contributed by atoms with Gasteiger partial charge in [-0.15, -0.1) is 11.6 Å². The van der Waals surface area contributed by atoms with E-state index in [1.807, 2.05) is 36.7 Å². The normalized spacial score (nSPS) is 21.2. The maximum Gasteiger partial charge on any atom is 0.225 e. The number of amides is 1. The van der Waals surface area contributed by atoms with Gasteiger partial charge < -0.3 is 9.47 Å². The summed E-state index contributed by atoms with van der Waals surface area (Å²) < 4.78 is 2.35. The smallest absolute Gasteiger partial charge is 0.225 e. The molecule has 8 nitrogen and oxygen atoms in total. The number of alkyl halides is 1. The number of hydrogen-bond acceptors (Lipinski definition) is 6. The lowest BCUT2D eigenvalue weighted by Crippen LogP contribution is -2.45. The number of hydrogen-bond donors (Lipinski definition) is 0. The largest absolute Gasteiger partial charge is 0.342 e. The van der Waals surface area contributed by atoms with E-state index in [-0.39, 0.29) is 17.3 Å². The highest BCUT2D eigenvalue weighted by atomic mass is 35.5. The molecule has 6 rings (SSSR count). The van der Waals surface area contributed by atoms with Crippen molar-refractivity contribution in [2.45, 2.75) is 50.1 Å². The highest BCUT2D eigenvalue weighted by Crippen LogP contribution is 2.35. The molecule has 192 valence electrons. The molecule has 3 aliphatic rings. The Labute approximate surface area is 222 Å². The number of piperidine rings is 2. The first-order chi connectivity index (χ1) is 18.2. The van der Waals surface area contributed by atoms with Gasteiger partial charge in [0.25, 0.3) is 0 Å². The van der Waals surface area contributed by atoms with E-state index in [2.05, 4.69) is 41.7 Å². The van der Waals surface area contributed by atoms with E-state index in [9.17, 15) is 4.79 Å². The molecule has 1 aliphatic carbocycles. The summed E-state index contributed by atoms with van der Waals surface area (Å²) in [5, 5.41) is 7.80. The van der Waals surface area contributed by atoms with Gasteiger partial charge in [-0.05, 0) is 68.6 Å². The highest BCUT2D eigenvalue weighted by Gasteiger charge is 2.33. The van der Waals surface area contributed by atoms with E-state index < -0.39 is 0 Å². The van der Waals surface area contributed by atoms with Gasteiger partial charge in [0.05, 0.1) is 23.0 Å². The van der Waals surface area contributed by atoms with Crippen LogP contribution in [0.15, 0.2) is 48.9 Å². The molecule has 0 radical (unpaired) electrons. The maximum absolute atomic E-state index is 13.4. The van der Waals surface area contributed by atoms with Crippen molar-refractivity contribution >= 4 is 23.6 Å². The predicted molar refractivity (Wildman–Crippen MR) is 143 cm³/mol. The van der Waals surface area contributed by atoms with Crippen molar-refractivity contribution in [3.8, 4) is 11.5 Å². The Hall–Kier alpha value is -3.10. The van der Waals surface area contributed by atoms with Crippen molar-refractivity contribution in [2.75, 3.05) is 26.2 Å². The lowest BCUT2D eigenvalue weighted by atomic mass is 9.93. The number of imidazole rings is 1. The second-order valence-electron chi connectivity index (χ2n) is 10.3. The topological polar surface area (TPSA) is 80.0 Å². The van der Waals surface area contributed by atoms with Crippen LogP contribution in [0.5, 0.6) is 0 Å². The summed E-state index contributed by atoms with van der Waals surface area (Å²) in [5.41, 5.74) is 4.23. The zero-order valence-electron chi connectivity index (χ0n) is 20.9. The lowest BCUT2D eigenvalue weighted by Gasteiger charge is -2.38. The monoisotopic (exact) mass is 517 g/mol. The fourth-order valence-corrected chi connectivity index (χ4v) is 6.14. The minimum atomic E-state index is -0.0281. The number of pyridine rings is 1. The van der Waals surface area contributed by atoms with E-state index in [4.69, 9.17) is 16.6 Å². The minimum absolute atomic E-state index is 0.0281. The molecular formula is C28H32ClN7O. The van der Waals surface area contributed by atoms with Crippen molar-refractivity contribution in [2.24, 2.45) is 5.92 Å². The number of fused-ring (bicyclic) bond motifs is 1. The Balaban J connectivity index is 1.10. The van der Waals surface area contributed by atoms with Gasteiger partial charge in [0.15, 0.2) is 5.82 Å². The molecule has 1 atom stereocenters. The number of carbonyl (C=O) groups excluding carboxylic acids is 1. The molecule has 0 N–H and O–H groups in total. The molecule has 2 fully saturated rings. The third-order valence-electron chi connectivity index (χ3n) is 7.90. The average molecular weight is 518 g/mol. The molecule has 0 spiro atoms. The number of likely N-dealkylation sites (tertiary alicyclic amines) is 2. The summed E-state index contributed by atoms with van der Waals surface area (Å²) in [6, 6.07) is 8.24. The fraction of sp³-hybridized carbons (Fsp3) is 0.464. The summed E-state index contributed by atoms with van der Waals surface area (Å²) in [5.74, 6) is 1.35. The number of rotatable bonds is 5. The molecule has 1 unspecified atom stereocenters. The van der Waals surface area contributed by atoms with Gasteiger partial charge in [-0.25, -0.2) is 4.98 Å². The first kappa shape index (κ1) is 24.2. The Morgan fingerprint density at radius 1 is 1.00 bits per heavy atom. The van der Waals surface area contributed by atoms with Gasteiger partial charge >= 0.3 is 0 Å². The van der Waals surface area contributed by atoms with Crippen LogP contribution in [0, 0.1) is 5.92 Å². The van der Waals surface area contributed by atoms with Gasteiger partial charge in [0, 0.05) is 50.4 Å². The van der Waals surface area contributed by atoms with Crippen LogP contribution in [-0.2, 0) is 17.8 Å². The Kier molecular flexibility index (Phi) is 7.02. The van der Waals surface area contributed by atoms with Gasteiger partial charge in [0.2, 0.25) is 5.91 Å². The fourth-order valence-electron chi connectivity index (χ4n) is 5.92. The van der Waals surface area contributed by atoms with Gasteiger partial charge in [0.1, 0.15) is 5.69 Å². The van der Waals surface area contributed by atoms with E-state index in [1.54, 1.807) is 6.20 Å².